The van der Waals surface area contributed by atoms with Crippen LogP contribution in [-0.4, -0.2) is 42.0 Å². The molecule has 122 valence electrons. The number of anilines is 1. The largest absolute Gasteiger partial charge is 0.346 e. The van der Waals surface area contributed by atoms with Crippen molar-refractivity contribution in [1.82, 2.24) is 9.88 Å². The Morgan fingerprint density at radius 1 is 1.22 bits per heavy atom. The Morgan fingerprint density at radius 3 is 2.74 bits per heavy atom. The molecule has 1 unspecified atom stereocenters. The van der Waals surface area contributed by atoms with Crippen LogP contribution in [0.5, 0.6) is 0 Å². The van der Waals surface area contributed by atoms with E-state index < -0.39 is 0 Å². The van der Waals surface area contributed by atoms with E-state index in [9.17, 15) is 4.79 Å². The van der Waals surface area contributed by atoms with Crippen molar-refractivity contribution >= 4 is 22.4 Å². The van der Waals surface area contributed by atoms with Crippen molar-refractivity contribution in [3.63, 3.8) is 0 Å². The van der Waals surface area contributed by atoms with Crippen molar-refractivity contribution in [3.05, 3.63) is 47.5 Å². The Bertz CT molecular complexity index is 614. The van der Waals surface area contributed by atoms with E-state index in [4.69, 9.17) is 0 Å². The molecular formula is C18H23N3OS. The molecule has 4 nitrogen and oxygen atoms in total. The maximum absolute atomic E-state index is 13.0. The minimum atomic E-state index is -0.0254. The van der Waals surface area contributed by atoms with Crippen LogP contribution in [0.25, 0.3) is 0 Å². The molecule has 1 aliphatic heterocycles. The van der Waals surface area contributed by atoms with E-state index in [-0.39, 0.29) is 11.8 Å². The van der Waals surface area contributed by atoms with Crippen LogP contribution in [0, 0.1) is 0 Å². The maximum Gasteiger partial charge on any atom is 0.230 e. The fourth-order valence-electron chi connectivity index (χ4n) is 3.16. The molecule has 1 fully saturated rings. The average Bonchev–Trinajstić information content (AvgIpc) is 3.01. The summed E-state index contributed by atoms with van der Waals surface area (Å²) in [6.45, 7) is 5.55. The number of benzene rings is 1. The lowest BCUT2D eigenvalue weighted by molar-refractivity contribution is -0.132. The molecule has 0 radical (unpaired) electrons. The average molecular weight is 329 g/mol. The quantitative estimate of drug-likeness (QED) is 0.863. The number of hydrogen-bond acceptors (Lipinski definition) is 4. The van der Waals surface area contributed by atoms with E-state index in [2.05, 4.69) is 28.9 Å². The molecule has 1 aromatic carbocycles. The lowest BCUT2D eigenvalue weighted by Gasteiger charge is -2.26. The van der Waals surface area contributed by atoms with Crippen molar-refractivity contribution in [2.45, 2.75) is 25.7 Å². The van der Waals surface area contributed by atoms with Crippen molar-refractivity contribution in [1.29, 1.82) is 0 Å². The monoisotopic (exact) mass is 329 g/mol. The van der Waals surface area contributed by atoms with Gasteiger partial charge in [-0.05, 0) is 18.4 Å². The highest BCUT2D eigenvalue weighted by Gasteiger charge is 2.26. The van der Waals surface area contributed by atoms with Gasteiger partial charge in [0, 0.05) is 37.8 Å². The molecule has 0 aliphatic carbocycles. The van der Waals surface area contributed by atoms with Crippen LogP contribution >= 0.6 is 11.3 Å². The molecule has 23 heavy (non-hydrogen) atoms. The van der Waals surface area contributed by atoms with Crippen molar-refractivity contribution in [2.75, 3.05) is 31.1 Å². The summed E-state index contributed by atoms with van der Waals surface area (Å²) in [4.78, 5) is 21.7. The normalized spacial score (nSPS) is 16.9. The molecular weight excluding hydrogens is 306 g/mol. The third-order valence-corrected chi connectivity index (χ3v) is 5.24. The number of carbonyl (C=O) groups is 1. The van der Waals surface area contributed by atoms with Gasteiger partial charge in [-0.2, -0.15) is 0 Å². The summed E-state index contributed by atoms with van der Waals surface area (Å²) in [6.07, 6.45) is 3.68. The van der Waals surface area contributed by atoms with Gasteiger partial charge in [-0.25, -0.2) is 4.98 Å². The van der Waals surface area contributed by atoms with Gasteiger partial charge in [0.1, 0.15) is 0 Å². The van der Waals surface area contributed by atoms with Gasteiger partial charge in [0.15, 0.2) is 5.13 Å². The third-order valence-electron chi connectivity index (χ3n) is 4.41. The topological polar surface area (TPSA) is 36.4 Å². The summed E-state index contributed by atoms with van der Waals surface area (Å²) in [7, 11) is 0. The van der Waals surface area contributed by atoms with Crippen molar-refractivity contribution in [2.24, 2.45) is 0 Å². The van der Waals surface area contributed by atoms with Crippen LogP contribution in [0.4, 0.5) is 5.13 Å². The lowest BCUT2D eigenvalue weighted by atomic mass is 9.95. The molecule has 1 aromatic heterocycles. The standard InChI is InChI=1S/C18H23N3OS/c1-2-16(15-7-4-3-5-8-15)17(22)20-10-6-11-21(13-12-20)18-19-9-14-23-18/h3-5,7-9,14,16H,2,6,10-13H2,1H3. The number of rotatable bonds is 4. The zero-order valence-corrected chi connectivity index (χ0v) is 14.3. The van der Waals surface area contributed by atoms with Gasteiger partial charge >= 0.3 is 0 Å². The van der Waals surface area contributed by atoms with Crippen LogP contribution in [0.15, 0.2) is 41.9 Å². The fraction of sp³-hybridized carbons (Fsp3) is 0.444. The number of thiazole rings is 1. The predicted octanol–water partition coefficient (Wildman–Crippen LogP) is 3.38. The first-order chi connectivity index (χ1) is 11.3. The zero-order valence-electron chi connectivity index (χ0n) is 13.5. The molecule has 2 heterocycles. The molecule has 1 saturated heterocycles. The van der Waals surface area contributed by atoms with Crippen LogP contribution in [0.1, 0.15) is 31.2 Å². The van der Waals surface area contributed by atoms with Crippen molar-refractivity contribution < 1.29 is 4.79 Å². The number of nitrogens with zero attached hydrogens (tertiary/aromatic N) is 3. The molecule has 1 atom stereocenters. The van der Waals surface area contributed by atoms with E-state index in [0.29, 0.717) is 0 Å². The first-order valence-electron chi connectivity index (χ1n) is 8.27. The molecule has 2 aromatic rings. The lowest BCUT2D eigenvalue weighted by Crippen LogP contribution is -2.38. The summed E-state index contributed by atoms with van der Waals surface area (Å²) >= 11 is 1.67. The number of aromatic nitrogens is 1. The Hall–Kier alpha value is -1.88. The second kappa shape index (κ2) is 7.59. The van der Waals surface area contributed by atoms with Gasteiger partial charge in [-0.15, -0.1) is 11.3 Å². The Balaban J connectivity index is 1.67. The van der Waals surface area contributed by atoms with Gasteiger partial charge < -0.3 is 9.80 Å². The summed E-state index contributed by atoms with van der Waals surface area (Å²) in [5.41, 5.74) is 1.13. The zero-order chi connectivity index (χ0) is 16.1. The SMILES string of the molecule is CCC(C(=O)N1CCCN(c2nccs2)CC1)c1ccccc1. The van der Waals surface area contributed by atoms with Crippen molar-refractivity contribution in [3.8, 4) is 0 Å². The maximum atomic E-state index is 13.0. The highest BCUT2D eigenvalue weighted by Crippen LogP contribution is 2.24. The minimum Gasteiger partial charge on any atom is -0.346 e. The summed E-state index contributed by atoms with van der Waals surface area (Å²) in [6, 6.07) is 10.1. The number of carbonyl (C=O) groups excluding carboxylic acids is 1. The molecule has 1 aliphatic rings. The number of hydrogen-bond donors (Lipinski definition) is 0. The smallest absolute Gasteiger partial charge is 0.230 e. The van der Waals surface area contributed by atoms with E-state index >= 15 is 0 Å². The first kappa shape index (κ1) is 16.0. The summed E-state index contributed by atoms with van der Waals surface area (Å²) in [5, 5.41) is 3.07. The first-order valence-corrected chi connectivity index (χ1v) is 9.15. The molecule has 1 amide bonds. The molecule has 0 saturated carbocycles. The van der Waals surface area contributed by atoms with Crippen LogP contribution in [0.3, 0.4) is 0 Å². The second-order valence-corrected chi connectivity index (χ2v) is 6.73. The van der Waals surface area contributed by atoms with Gasteiger partial charge in [0.05, 0.1) is 5.92 Å². The van der Waals surface area contributed by atoms with Gasteiger partial charge in [0.2, 0.25) is 5.91 Å². The Morgan fingerprint density at radius 2 is 2.04 bits per heavy atom. The molecule has 5 heteroatoms. The highest BCUT2D eigenvalue weighted by atomic mass is 32.1. The summed E-state index contributed by atoms with van der Waals surface area (Å²) < 4.78 is 0. The fourth-order valence-corrected chi connectivity index (χ4v) is 3.86. The molecule has 0 bridgehead atoms. The van der Waals surface area contributed by atoms with E-state index in [1.54, 1.807) is 11.3 Å². The minimum absolute atomic E-state index is 0.0254. The van der Waals surface area contributed by atoms with Gasteiger partial charge in [0.25, 0.3) is 0 Å². The third kappa shape index (κ3) is 3.72. The van der Waals surface area contributed by atoms with Gasteiger partial charge in [-0.3, -0.25) is 4.79 Å². The second-order valence-electron chi connectivity index (χ2n) is 5.85. The molecule has 0 spiro atoms. The molecule has 0 N–H and O–H groups in total. The van der Waals surface area contributed by atoms with E-state index in [1.807, 2.05) is 34.7 Å². The Kier molecular flexibility index (Phi) is 5.28. The van der Waals surface area contributed by atoms with E-state index in [0.717, 1.165) is 49.7 Å². The van der Waals surface area contributed by atoms with E-state index in [1.165, 1.54) is 0 Å². The summed E-state index contributed by atoms with van der Waals surface area (Å²) in [5.74, 6) is 0.238. The molecule has 3 rings (SSSR count). The van der Waals surface area contributed by atoms with Crippen LogP contribution in [-0.2, 0) is 4.79 Å². The Labute approximate surface area is 141 Å². The number of amides is 1. The van der Waals surface area contributed by atoms with Gasteiger partial charge in [-0.1, -0.05) is 37.3 Å². The predicted molar refractivity (Wildman–Crippen MR) is 95.0 cm³/mol. The van der Waals surface area contributed by atoms with Crippen LogP contribution < -0.4 is 4.90 Å². The highest BCUT2D eigenvalue weighted by molar-refractivity contribution is 7.13. The van der Waals surface area contributed by atoms with Crippen LogP contribution in [0.2, 0.25) is 0 Å².